The quantitative estimate of drug-likeness (QED) is 0.398. The maximum absolute atomic E-state index is 12.4. The number of carbonyl (C=O) groups is 1. The van der Waals surface area contributed by atoms with E-state index in [1.165, 1.54) is 11.8 Å². The van der Waals surface area contributed by atoms with E-state index >= 15 is 0 Å². The Morgan fingerprint density at radius 2 is 1.88 bits per heavy atom. The summed E-state index contributed by atoms with van der Waals surface area (Å²) in [5.74, 6) is 1.04. The number of benzene rings is 2. The molecule has 1 aromatic heterocycles. The normalized spacial score (nSPS) is 10.9. The molecular formula is C19H17Cl2N3OS. The molecule has 4 nitrogen and oxygen atoms in total. The summed E-state index contributed by atoms with van der Waals surface area (Å²) in [5.41, 5.74) is 2.72. The van der Waals surface area contributed by atoms with E-state index in [-0.39, 0.29) is 11.5 Å². The molecule has 0 unspecified atom stereocenters. The Labute approximate surface area is 166 Å². The number of thioether (sulfide) groups is 1. The van der Waals surface area contributed by atoms with Gasteiger partial charge in [0.15, 0.2) is 16.8 Å². The Morgan fingerprint density at radius 3 is 2.58 bits per heavy atom. The van der Waals surface area contributed by atoms with Crippen molar-refractivity contribution in [3.8, 4) is 11.4 Å². The molecule has 0 fully saturated rings. The average molecular weight is 406 g/mol. The molecule has 7 heteroatoms. The van der Waals surface area contributed by atoms with Gasteiger partial charge in [-0.15, -0.1) is 10.2 Å². The molecule has 2 aromatic carbocycles. The molecule has 3 rings (SSSR count). The molecule has 3 aromatic rings. The Bertz CT molecular complexity index is 956. The van der Waals surface area contributed by atoms with Crippen molar-refractivity contribution >= 4 is 40.7 Å². The van der Waals surface area contributed by atoms with Crippen LogP contribution in [0.4, 0.5) is 0 Å². The molecular weight excluding hydrogens is 389 g/mol. The second-order valence-electron chi connectivity index (χ2n) is 5.71. The highest BCUT2D eigenvalue weighted by Crippen LogP contribution is 2.27. The largest absolute Gasteiger partial charge is 0.302 e. The summed E-state index contributed by atoms with van der Waals surface area (Å²) >= 11 is 13.3. The zero-order valence-electron chi connectivity index (χ0n) is 14.4. The fourth-order valence-electron chi connectivity index (χ4n) is 2.59. The van der Waals surface area contributed by atoms with Gasteiger partial charge in [-0.1, -0.05) is 59.2 Å². The Kier molecular flexibility index (Phi) is 6.01. The lowest BCUT2D eigenvalue weighted by atomic mass is 10.1. The summed E-state index contributed by atoms with van der Waals surface area (Å²) < 4.78 is 2.02. The van der Waals surface area contributed by atoms with Crippen LogP contribution in [-0.2, 0) is 6.54 Å². The number of aryl methyl sites for hydroxylation is 1. The van der Waals surface area contributed by atoms with Crippen molar-refractivity contribution in [2.45, 2.75) is 25.5 Å². The van der Waals surface area contributed by atoms with Gasteiger partial charge in [-0.2, -0.15) is 0 Å². The van der Waals surface area contributed by atoms with Crippen molar-refractivity contribution < 1.29 is 4.79 Å². The highest BCUT2D eigenvalue weighted by atomic mass is 35.5. The molecule has 1 heterocycles. The first-order chi connectivity index (χ1) is 12.5. The van der Waals surface area contributed by atoms with Crippen molar-refractivity contribution in [1.29, 1.82) is 0 Å². The van der Waals surface area contributed by atoms with E-state index in [0.29, 0.717) is 15.6 Å². The minimum atomic E-state index is -0.0309. The molecule has 0 aliphatic carbocycles. The van der Waals surface area contributed by atoms with Crippen LogP contribution < -0.4 is 0 Å². The zero-order valence-corrected chi connectivity index (χ0v) is 16.7. The minimum Gasteiger partial charge on any atom is -0.302 e. The number of hydrogen-bond acceptors (Lipinski definition) is 4. The molecule has 0 amide bonds. The fourth-order valence-corrected chi connectivity index (χ4v) is 3.78. The maximum atomic E-state index is 12.4. The Balaban J connectivity index is 1.79. The summed E-state index contributed by atoms with van der Waals surface area (Å²) in [5, 5.41) is 10.1. The number of aromatic nitrogens is 3. The first-order valence-electron chi connectivity index (χ1n) is 8.11. The first kappa shape index (κ1) is 19.0. The number of Topliss-reactive ketones (excluding diaryl/α,β-unsaturated/α-hetero) is 1. The highest BCUT2D eigenvalue weighted by Gasteiger charge is 2.16. The van der Waals surface area contributed by atoms with E-state index < -0.39 is 0 Å². The number of rotatable bonds is 6. The van der Waals surface area contributed by atoms with Gasteiger partial charge in [0.2, 0.25) is 0 Å². The van der Waals surface area contributed by atoms with Crippen LogP contribution in [0.2, 0.25) is 10.0 Å². The molecule has 0 N–H and O–H groups in total. The van der Waals surface area contributed by atoms with Crippen molar-refractivity contribution in [1.82, 2.24) is 14.8 Å². The third-order valence-electron chi connectivity index (χ3n) is 3.99. The molecule has 0 atom stereocenters. The van der Waals surface area contributed by atoms with Crippen LogP contribution in [0, 0.1) is 6.92 Å². The van der Waals surface area contributed by atoms with E-state index in [4.69, 9.17) is 23.2 Å². The molecule has 0 saturated carbocycles. The lowest BCUT2D eigenvalue weighted by Crippen LogP contribution is -2.05. The zero-order chi connectivity index (χ0) is 18.7. The fraction of sp³-hybridized carbons (Fsp3) is 0.211. The molecule has 134 valence electrons. The molecule has 0 bridgehead atoms. The molecule has 0 radical (unpaired) electrons. The molecule has 26 heavy (non-hydrogen) atoms. The number of ketones is 1. The molecule has 0 saturated heterocycles. The Hall–Kier alpha value is -1.82. The van der Waals surface area contributed by atoms with Gasteiger partial charge in [0.25, 0.3) is 0 Å². The van der Waals surface area contributed by atoms with Gasteiger partial charge in [-0.3, -0.25) is 4.79 Å². The van der Waals surface area contributed by atoms with Gasteiger partial charge < -0.3 is 4.57 Å². The second-order valence-corrected chi connectivity index (χ2v) is 7.46. The summed E-state index contributed by atoms with van der Waals surface area (Å²) in [6, 6.07) is 13.0. The molecule has 0 aliphatic rings. The summed E-state index contributed by atoms with van der Waals surface area (Å²) in [6.45, 7) is 4.81. The van der Waals surface area contributed by atoms with Crippen molar-refractivity contribution in [2.24, 2.45) is 0 Å². The smallest absolute Gasteiger partial charge is 0.191 e. The van der Waals surface area contributed by atoms with Crippen LogP contribution in [-0.4, -0.2) is 26.3 Å². The third kappa shape index (κ3) is 3.95. The Morgan fingerprint density at radius 1 is 1.12 bits per heavy atom. The van der Waals surface area contributed by atoms with E-state index in [2.05, 4.69) is 10.2 Å². The van der Waals surface area contributed by atoms with Crippen LogP contribution in [0.25, 0.3) is 11.4 Å². The lowest BCUT2D eigenvalue weighted by Gasteiger charge is -2.09. The van der Waals surface area contributed by atoms with Crippen LogP contribution in [0.15, 0.2) is 47.6 Å². The second kappa shape index (κ2) is 8.25. The van der Waals surface area contributed by atoms with Gasteiger partial charge in [0.1, 0.15) is 0 Å². The van der Waals surface area contributed by atoms with Gasteiger partial charge in [0, 0.05) is 17.7 Å². The van der Waals surface area contributed by atoms with Crippen molar-refractivity contribution in [2.75, 3.05) is 5.75 Å². The van der Waals surface area contributed by atoms with E-state index in [9.17, 15) is 4.79 Å². The summed E-state index contributed by atoms with van der Waals surface area (Å²) in [6.07, 6.45) is 0. The van der Waals surface area contributed by atoms with Gasteiger partial charge in [-0.05, 0) is 37.6 Å². The topological polar surface area (TPSA) is 47.8 Å². The molecule has 0 spiro atoms. The van der Waals surface area contributed by atoms with E-state index in [1.54, 1.807) is 18.2 Å². The van der Waals surface area contributed by atoms with Crippen LogP contribution in [0.3, 0.4) is 0 Å². The molecule has 0 aliphatic heterocycles. The van der Waals surface area contributed by atoms with Gasteiger partial charge in [-0.25, -0.2) is 0 Å². The number of carbonyl (C=O) groups excluding carboxylic acids is 1. The van der Waals surface area contributed by atoms with E-state index in [1.807, 2.05) is 42.7 Å². The lowest BCUT2D eigenvalue weighted by molar-refractivity contribution is 0.102. The minimum absolute atomic E-state index is 0.0309. The summed E-state index contributed by atoms with van der Waals surface area (Å²) in [4.78, 5) is 12.4. The highest BCUT2D eigenvalue weighted by molar-refractivity contribution is 7.99. The summed E-state index contributed by atoms with van der Waals surface area (Å²) in [7, 11) is 0. The number of nitrogens with zero attached hydrogens (tertiary/aromatic N) is 3. The average Bonchev–Trinajstić information content (AvgIpc) is 3.05. The third-order valence-corrected chi connectivity index (χ3v) is 5.70. The van der Waals surface area contributed by atoms with Crippen molar-refractivity contribution in [3.05, 3.63) is 63.6 Å². The van der Waals surface area contributed by atoms with Gasteiger partial charge in [0.05, 0.1) is 15.8 Å². The number of hydrogen-bond donors (Lipinski definition) is 0. The van der Waals surface area contributed by atoms with Crippen LogP contribution >= 0.6 is 35.0 Å². The number of halogens is 2. The maximum Gasteiger partial charge on any atom is 0.191 e. The predicted molar refractivity (Wildman–Crippen MR) is 107 cm³/mol. The van der Waals surface area contributed by atoms with Gasteiger partial charge >= 0.3 is 0 Å². The SMILES string of the molecule is CCn1c(SCC(=O)c2ccc(Cl)c(Cl)c2)nnc1-c1ccccc1C. The van der Waals surface area contributed by atoms with Crippen LogP contribution in [0.1, 0.15) is 22.8 Å². The van der Waals surface area contributed by atoms with Crippen molar-refractivity contribution in [3.63, 3.8) is 0 Å². The predicted octanol–water partition coefficient (Wildman–Crippen LogP) is 5.56. The van der Waals surface area contributed by atoms with Crippen LogP contribution in [0.5, 0.6) is 0 Å². The first-order valence-corrected chi connectivity index (χ1v) is 9.85. The van der Waals surface area contributed by atoms with E-state index in [0.717, 1.165) is 28.7 Å². The monoisotopic (exact) mass is 405 g/mol. The standard InChI is InChI=1S/C19H17Cl2N3OS/c1-3-24-18(14-7-5-4-6-12(14)2)22-23-19(24)26-11-17(25)13-8-9-15(20)16(21)10-13/h4-10H,3,11H2,1-2H3.